The second-order valence-electron chi connectivity index (χ2n) is 7.14. The van der Waals surface area contributed by atoms with E-state index in [0.717, 1.165) is 30.7 Å². The van der Waals surface area contributed by atoms with E-state index in [4.69, 9.17) is 9.72 Å². The van der Waals surface area contributed by atoms with Gasteiger partial charge in [0, 0.05) is 62.9 Å². The lowest BCUT2D eigenvalue weighted by Gasteiger charge is -2.36. The van der Waals surface area contributed by atoms with E-state index in [2.05, 4.69) is 19.8 Å². The zero-order valence-electron chi connectivity index (χ0n) is 16.2. The standard InChI is InChI=1S/C19H23F3N6O/c1-14-12-17(27-8-10-29-11-9-27)25-18(24-14)28-6-4-26(5-7-28)15-2-3-23-16(13-15)19(20,21)22/h2-3,12-13H,4-11H2,1H3. The third kappa shape index (κ3) is 4.52. The molecule has 0 amide bonds. The molecule has 0 atom stereocenters. The molecule has 4 heterocycles. The van der Waals surface area contributed by atoms with Gasteiger partial charge in [0.05, 0.1) is 13.2 Å². The van der Waals surface area contributed by atoms with Crippen LogP contribution in [0.1, 0.15) is 11.4 Å². The Kier molecular flexibility index (Phi) is 5.44. The second-order valence-corrected chi connectivity index (χ2v) is 7.14. The van der Waals surface area contributed by atoms with Crippen LogP contribution in [-0.4, -0.2) is 67.4 Å². The maximum atomic E-state index is 12.9. The first kappa shape index (κ1) is 19.7. The number of aromatic nitrogens is 3. The van der Waals surface area contributed by atoms with Gasteiger partial charge in [-0.2, -0.15) is 18.2 Å². The molecule has 4 rings (SSSR count). The average Bonchev–Trinajstić information content (AvgIpc) is 2.73. The largest absolute Gasteiger partial charge is 0.433 e. The zero-order valence-corrected chi connectivity index (χ0v) is 16.2. The van der Waals surface area contributed by atoms with Gasteiger partial charge in [-0.25, -0.2) is 4.98 Å². The first-order valence-corrected chi connectivity index (χ1v) is 9.62. The molecule has 0 aliphatic carbocycles. The number of rotatable bonds is 3. The van der Waals surface area contributed by atoms with Crippen molar-refractivity contribution in [1.82, 2.24) is 15.0 Å². The molecule has 0 saturated carbocycles. The molecule has 2 saturated heterocycles. The lowest BCUT2D eigenvalue weighted by Crippen LogP contribution is -2.47. The van der Waals surface area contributed by atoms with Gasteiger partial charge in [-0.3, -0.25) is 4.98 Å². The number of halogens is 3. The highest BCUT2D eigenvalue weighted by molar-refractivity contribution is 5.51. The van der Waals surface area contributed by atoms with Crippen LogP contribution in [-0.2, 0) is 10.9 Å². The van der Waals surface area contributed by atoms with E-state index in [1.54, 1.807) is 6.07 Å². The Hall–Kier alpha value is -2.62. The van der Waals surface area contributed by atoms with E-state index >= 15 is 0 Å². The van der Waals surface area contributed by atoms with Crippen LogP contribution in [0.5, 0.6) is 0 Å². The van der Waals surface area contributed by atoms with E-state index in [9.17, 15) is 13.2 Å². The van der Waals surface area contributed by atoms with E-state index < -0.39 is 11.9 Å². The van der Waals surface area contributed by atoms with Crippen molar-refractivity contribution in [2.24, 2.45) is 0 Å². The number of aryl methyl sites for hydroxylation is 1. The summed E-state index contributed by atoms with van der Waals surface area (Å²) in [7, 11) is 0. The van der Waals surface area contributed by atoms with Crippen LogP contribution in [0.25, 0.3) is 0 Å². The highest BCUT2D eigenvalue weighted by Crippen LogP contribution is 2.30. The molecule has 0 radical (unpaired) electrons. The molecule has 156 valence electrons. The number of alkyl halides is 3. The van der Waals surface area contributed by atoms with Crippen molar-refractivity contribution < 1.29 is 17.9 Å². The van der Waals surface area contributed by atoms with E-state index in [0.29, 0.717) is 51.0 Å². The Morgan fingerprint density at radius 3 is 2.28 bits per heavy atom. The number of hydrogen-bond donors (Lipinski definition) is 0. The normalized spacial score (nSPS) is 18.3. The Balaban J connectivity index is 1.45. The number of anilines is 3. The van der Waals surface area contributed by atoms with Crippen LogP contribution in [0.3, 0.4) is 0 Å². The van der Waals surface area contributed by atoms with Crippen molar-refractivity contribution in [2.45, 2.75) is 13.1 Å². The van der Waals surface area contributed by atoms with Gasteiger partial charge in [0.2, 0.25) is 5.95 Å². The molecule has 10 heteroatoms. The van der Waals surface area contributed by atoms with Gasteiger partial charge in [-0.15, -0.1) is 0 Å². The molecule has 0 aromatic carbocycles. The fourth-order valence-electron chi connectivity index (χ4n) is 3.57. The number of nitrogens with zero attached hydrogens (tertiary/aromatic N) is 6. The van der Waals surface area contributed by atoms with Crippen molar-refractivity contribution in [2.75, 3.05) is 67.2 Å². The number of piperazine rings is 1. The van der Waals surface area contributed by atoms with Gasteiger partial charge in [-0.05, 0) is 19.1 Å². The van der Waals surface area contributed by atoms with Crippen LogP contribution in [0.2, 0.25) is 0 Å². The molecule has 0 spiro atoms. The molecule has 2 aromatic rings. The number of hydrogen-bond acceptors (Lipinski definition) is 7. The van der Waals surface area contributed by atoms with Crippen LogP contribution in [0, 0.1) is 6.92 Å². The summed E-state index contributed by atoms with van der Waals surface area (Å²) in [6, 6.07) is 4.70. The monoisotopic (exact) mass is 408 g/mol. The third-order valence-corrected chi connectivity index (χ3v) is 5.13. The Labute approximate surface area is 167 Å². The number of morpholine rings is 1. The smallest absolute Gasteiger partial charge is 0.378 e. The minimum absolute atomic E-state index is 0.533. The van der Waals surface area contributed by atoms with Gasteiger partial charge in [0.25, 0.3) is 0 Å². The van der Waals surface area contributed by atoms with Gasteiger partial charge in [0.15, 0.2) is 0 Å². The van der Waals surface area contributed by atoms with Crippen LogP contribution >= 0.6 is 0 Å². The van der Waals surface area contributed by atoms with Gasteiger partial charge in [0.1, 0.15) is 11.5 Å². The second kappa shape index (κ2) is 8.02. The lowest BCUT2D eigenvalue weighted by molar-refractivity contribution is -0.141. The molecule has 7 nitrogen and oxygen atoms in total. The summed E-state index contributed by atoms with van der Waals surface area (Å²) in [4.78, 5) is 19.0. The quantitative estimate of drug-likeness (QED) is 0.773. The minimum Gasteiger partial charge on any atom is -0.378 e. The molecular formula is C19H23F3N6O. The predicted octanol–water partition coefficient (Wildman–Crippen LogP) is 2.36. The first-order chi connectivity index (χ1) is 13.9. The number of ether oxygens (including phenoxy) is 1. The van der Waals surface area contributed by atoms with Gasteiger partial charge in [-0.1, -0.05) is 0 Å². The Morgan fingerprint density at radius 1 is 0.897 bits per heavy atom. The molecular weight excluding hydrogens is 385 g/mol. The Morgan fingerprint density at radius 2 is 1.59 bits per heavy atom. The van der Waals surface area contributed by atoms with E-state index in [1.165, 1.54) is 6.20 Å². The summed E-state index contributed by atoms with van der Waals surface area (Å²) in [6.45, 7) is 7.36. The molecule has 2 aromatic heterocycles. The molecule has 0 N–H and O–H groups in total. The summed E-state index contributed by atoms with van der Waals surface area (Å²) in [6.07, 6.45) is -3.23. The summed E-state index contributed by atoms with van der Waals surface area (Å²) in [5, 5.41) is 0. The third-order valence-electron chi connectivity index (χ3n) is 5.13. The Bertz CT molecular complexity index is 848. The molecule has 0 bridgehead atoms. The maximum absolute atomic E-state index is 12.9. The van der Waals surface area contributed by atoms with Crippen LogP contribution in [0.4, 0.5) is 30.6 Å². The van der Waals surface area contributed by atoms with Crippen molar-refractivity contribution >= 4 is 17.5 Å². The van der Waals surface area contributed by atoms with Gasteiger partial charge >= 0.3 is 6.18 Å². The highest BCUT2D eigenvalue weighted by Gasteiger charge is 2.33. The molecule has 2 aliphatic heterocycles. The SMILES string of the molecule is Cc1cc(N2CCOCC2)nc(N2CCN(c3ccnc(C(F)(F)F)c3)CC2)n1. The molecule has 0 unspecified atom stereocenters. The zero-order chi connectivity index (χ0) is 20.4. The molecule has 2 aliphatic rings. The van der Waals surface area contributed by atoms with Gasteiger partial charge < -0.3 is 19.4 Å². The first-order valence-electron chi connectivity index (χ1n) is 9.62. The van der Waals surface area contributed by atoms with Crippen LogP contribution < -0.4 is 14.7 Å². The molecule has 2 fully saturated rings. The fraction of sp³-hybridized carbons (Fsp3) is 0.526. The highest BCUT2D eigenvalue weighted by atomic mass is 19.4. The van der Waals surface area contributed by atoms with Crippen molar-refractivity contribution in [3.05, 3.63) is 35.8 Å². The van der Waals surface area contributed by atoms with Crippen molar-refractivity contribution in [3.8, 4) is 0 Å². The fourth-order valence-corrected chi connectivity index (χ4v) is 3.57. The van der Waals surface area contributed by atoms with Crippen LogP contribution in [0.15, 0.2) is 24.4 Å². The van der Waals surface area contributed by atoms with E-state index in [1.807, 2.05) is 17.9 Å². The van der Waals surface area contributed by atoms with E-state index in [-0.39, 0.29) is 0 Å². The summed E-state index contributed by atoms with van der Waals surface area (Å²) in [5.41, 5.74) is 0.559. The predicted molar refractivity (Wildman–Crippen MR) is 103 cm³/mol. The maximum Gasteiger partial charge on any atom is 0.433 e. The minimum atomic E-state index is -4.44. The molecule has 29 heavy (non-hydrogen) atoms. The summed E-state index contributed by atoms with van der Waals surface area (Å²) >= 11 is 0. The van der Waals surface area contributed by atoms with Crippen molar-refractivity contribution in [1.29, 1.82) is 0 Å². The summed E-state index contributed by atoms with van der Waals surface area (Å²) in [5.74, 6) is 1.55. The lowest BCUT2D eigenvalue weighted by atomic mass is 10.2. The number of pyridine rings is 1. The topological polar surface area (TPSA) is 57.6 Å². The average molecular weight is 408 g/mol. The van der Waals surface area contributed by atoms with Crippen molar-refractivity contribution in [3.63, 3.8) is 0 Å². The summed E-state index contributed by atoms with van der Waals surface area (Å²) < 4.78 is 44.2.